The quantitative estimate of drug-likeness (QED) is 0.812. The first kappa shape index (κ1) is 13.8. The van der Waals surface area contributed by atoms with E-state index in [-0.39, 0.29) is 6.04 Å². The number of carbonyl (C=O) groups is 1. The van der Waals surface area contributed by atoms with Crippen molar-refractivity contribution in [1.29, 1.82) is 0 Å². The Labute approximate surface area is 111 Å². The van der Waals surface area contributed by atoms with Crippen molar-refractivity contribution in [2.45, 2.75) is 45.7 Å². The van der Waals surface area contributed by atoms with E-state index in [1.54, 1.807) is 0 Å². The van der Waals surface area contributed by atoms with Crippen LogP contribution in [0.5, 0.6) is 0 Å². The predicted molar refractivity (Wildman–Crippen MR) is 73.5 cm³/mol. The number of hydrogen-bond acceptors (Lipinski definition) is 3. The maximum atomic E-state index is 12.6. The summed E-state index contributed by atoms with van der Waals surface area (Å²) in [6, 6.07) is 0.643. The molecule has 0 aromatic carbocycles. The molecule has 2 aliphatic rings. The molecule has 1 amide bonds. The fraction of sp³-hybridized carbons (Fsp3) is 0.929. The molecule has 0 spiro atoms. The highest BCUT2D eigenvalue weighted by Crippen LogP contribution is 2.25. The fourth-order valence-corrected chi connectivity index (χ4v) is 3.02. The largest absolute Gasteiger partial charge is 0.339 e. The predicted octanol–water partition coefficient (Wildman–Crippen LogP) is 0.927. The molecule has 18 heavy (non-hydrogen) atoms. The fourth-order valence-electron chi connectivity index (χ4n) is 3.02. The SMILES string of the molecule is CC(C)C(C)N1CCCC1C(=O)N1CCNCC1. The Morgan fingerprint density at radius 1 is 1.17 bits per heavy atom. The van der Waals surface area contributed by atoms with Crippen molar-refractivity contribution in [2.24, 2.45) is 5.92 Å². The first-order valence-corrected chi connectivity index (χ1v) is 7.36. The van der Waals surface area contributed by atoms with Crippen molar-refractivity contribution in [3.8, 4) is 0 Å². The van der Waals surface area contributed by atoms with Crippen LogP contribution in [0, 0.1) is 5.92 Å². The molecule has 2 fully saturated rings. The van der Waals surface area contributed by atoms with Gasteiger partial charge in [-0.05, 0) is 32.2 Å². The number of amides is 1. The van der Waals surface area contributed by atoms with E-state index in [0.717, 1.165) is 39.1 Å². The minimum Gasteiger partial charge on any atom is -0.339 e. The van der Waals surface area contributed by atoms with Crippen LogP contribution in [0.15, 0.2) is 0 Å². The molecule has 2 atom stereocenters. The number of nitrogens with zero attached hydrogens (tertiary/aromatic N) is 2. The minimum absolute atomic E-state index is 0.139. The van der Waals surface area contributed by atoms with Crippen LogP contribution < -0.4 is 5.32 Å². The molecule has 2 aliphatic heterocycles. The minimum atomic E-state index is 0.139. The highest BCUT2D eigenvalue weighted by atomic mass is 16.2. The van der Waals surface area contributed by atoms with E-state index in [0.29, 0.717) is 17.9 Å². The molecule has 0 aromatic rings. The van der Waals surface area contributed by atoms with E-state index < -0.39 is 0 Å². The van der Waals surface area contributed by atoms with Gasteiger partial charge in [-0.2, -0.15) is 0 Å². The zero-order valence-corrected chi connectivity index (χ0v) is 12.0. The molecule has 2 heterocycles. The number of carbonyl (C=O) groups excluding carboxylic acids is 1. The lowest BCUT2D eigenvalue weighted by Crippen LogP contribution is -2.54. The summed E-state index contributed by atoms with van der Waals surface area (Å²) in [6.45, 7) is 11.5. The van der Waals surface area contributed by atoms with E-state index >= 15 is 0 Å². The lowest BCUT2D eigenvalue weighted by atomic mass is 10.0. The number of hydrogen-bond donors (Lipinski definition) is 1. The van der Waals surface area contributed by atoms with Gasteiger partial charge >= 0.3 is 0 Å². The van der Waals surface area contributed by atoms with Gasteiger partial charge in [-0.25, -0.2) is 0 Å². The lowest BCUT2D eigenvalue weighted by molar-refractivity contribution is -0.137. The Hall–Kier alpha value is -0.610. The number of likely N-dealkylation sites (tertiary alicyclic amines) is 1. The summed E-state index contributed by atoms with van der Waals surface area (Å²) in [6.07, 6.45) is 2.21. The molecule has 0 aromatic heterocycles. The van der Waals surface area contributed by atoms with Crippen LogP contribution in [0.2, 0.25) is 0 Å². The molecule has 4 nitrogen and oxygen atoms in total. The maximum absolute atomic E-state index is 12.6. The topological polar surface area (TPSA) is 35.6 Å². The highest BCUT2D eigenvalue weighted by molar-refractivity contribution is 5.82. The Morgan fingerprint density at radius 3 is 2.44 bits per heavy atom. The van der Waals surface area contributed by atoms with Gasteiger partial charge in [0.15, 0.2) is 0 Å². The molecule has 2 rings (SSSR count). The highest BCUT2D eigenvalue weighted by Gasteiger charge is 2.36. The van der Waals surface area contributed by atoms with E-state index in [4.69, 9.17) is 0 Å². The van der Waals surface area contributed by atoms with E-state index in [2.05, 4.69) is 31.0 Å². The van der Waals surface area contributed by atoms with Gasteiger partial charge in [0.05, 0.1) is 6.04 Å². The monoisotopic (exact) mass is 253 g/mol. The van der Waals surface area contributed by atoms with Crippen LogP contribution in [0.1, 0.15) is 33.6 Å². The Bertz CT molecular complexity index is 287. The van der Waals surface area contributed by atoms with Crippen LogP contribution in [0.25, 0.3) is 0 Å². The number of rotatable bonds is 3. The first-order chi connectivity index (χ1) is 8.61. The van der Waals surface area contributed by atoms with Gasteiger partial charge in [0, 0.05) is 32.2 Å². The Morgan fingerprint density at radius 2 is 1.83 bits per heavy atom. The second-order valence-corrected chi connectivity index (χ2v) is 5.96. The van der Waals surface area contributed by atoms with Crippen LogP contribution in [0.4, 0.5) is 0 Å². The molecular weight excluding hydrogens is 226 g/mol. The van der Waals surface area contributed by atoms with Gasteiger partial charge in [0.25, 0.3) is 0 Å². The number of nitrogens with one attached hydrogen (secondary N) is 1. The molecule has 0 radical (unpaired) electrons. The molecule has 0 aliphatic carbocycles. The van der Waals surface area contributed by atoms with Crippen molar-refractivity contribution in [3.05, 3.63) is 0 Å². The third-order valence-corrected chi connectivity index (χ3v) is 4.50. The van der Waals surface area contributed by atoms with Gasteiger partial charge in [-0.3, -0.25) is 9.69 Å². The average Bonchev–Trinajstić information content (AvgIpc) is 2.87. The summed E-state index contributed by atoms with van der Waals surface area (Å²) in [7, 11) is 0. The molecule has 1 N–H and O–H groups in total. The molecule has 4 heteroatoms. The van der Waals surface area contributed by atoms with Crippen LogP contribution in [0.3, 0.4) is 0 Å². The molecule has 0 saturated carbocycles. The van der Waals surface area contributed by atoms with Gasteiger partial charge < -0.3 is 10.2 Å². The van der Waals surface area contributed by atoms with Crippen molar-refractivity contribution in [3.63, 3.8) is 0 Å². The normalized spacial score (nSPS) is 27.8. The van der Waals surface area contributed by atoms with Crippen molar-refractivity contribution in [2.75, 3.05) is 32.7 Å². The van der Waals surface area contributed by atoms with Crippen LogP contribution in [-0.2, 0) is 4.79 Å². The van der Waals surface area contributed by atoms with Crippen molar-refractivity contribution >= 4 is 5.91 Å². The van der Waals surface area contributed by atoms with Gasteiger partial charge in [0.2, 0.25) is 5.91 Å². The van der Waals surface area contributed by atoms with E-state index in [1.165, 1.54) is 6.42 Å². The molecule has 104 valence electrons. The average molecular weight is 253 g/mol. The smallest absolute Gasteiger partial charge is 0.240 e. The van der Waals surface area contributed by atoms with Gasteiger partial charge in [-0.1, -0.05) is 13.8 Å². The third kappa shape index (κ3) is 2.86. The molecule has 2 unspecified atom stereocenters. The van der Waals surface area contributed by atoms with Crippen molar-refractivity contribution < 1.29 is 4.79 Å². The van der Waals surface area contributed by atoms with Crippen molar-refractivity contribution in [1.82, 2.24) is 15.1 Å². The summed E-state index contributed by atoms with van der Waals surface area (Å²) in [5.41, 5.74) is 0. The summed E-state index contributed by atoms with van der Waals surface area (Å²) in [5.74, 6) is 0.975. The standard InChI is InChI=1S/C14H27N3O/c1-11(2)12(3)17-8-4-5-13(17)14(18)16-9-6-15-7-10-16/h11-13,15H,4-10H2,1-3H3. The Kier molecular flexibility index (Phi) is 4.62. The third-order valence-electron chi connectivity index (χ3n) is 4.50. The Balaban J connectivity index is 1.99. The molecular formula is C14H27N3O. The number of piperazine rings is 1. The summed E-state index contributed by atoms with van der Waals surface area (Å²) in [4.78, 5) is 17.1. The molecule has 2 saturated heterocycles. The van der Waals surface area contributed by atoms with E-state index in [9.17, 15) is 4.79 Å². The zero-order chi connectivity index (χ0) is 13.1. The summed E-state index contributed by atoms with van der Waals surface area (Å²) >= 11 is 0. The second kappa shape index (κ2) is 6.02. The van der Waals surface area contributed by atoms with E-state index in [1.807, 2.05) is 4.90 Å². The molecule has 0 bridgehead atoms. The van der Waals surface area contributed by atoms with Gasteiger partial charge in [0.1, 0.15) is 0 Å². The second-order valence-electron chi connectivity index (χ2n) is 5.96. The summed E-state index contributed by atoms with van der Waals surface area (Å²) in [5, 5.41) is 3.30. The summed E-state index contributed by atoms with van der Waals surface area (Å²) < 4.78 is 0. The maximum Gasteiger partial charge on any atom is 0.240 e. The van der Waals surface area contributed by atoms with Crippen LogP contribution in [-0.4, -0.2) is 60.5 Å². The lowest BCUT2D eigenvalue weighted by Gasteiger charge is -2.36. The van der Waals surface area contributed by atoms with Crippen LogP contribution >= 0.6 is 0 Å². The zero-order valence-electron chi connectivity index (χ0n) is 12.0. The van der Waals surface area contributed by atoms with Gasteiger partial charge in [-0.15, -0.1) is 0 Å². The first-order valence-electron chi connectivity index (χ1n) is 7.36.